The Morgan fingerprint density at radius 3 is 2.43 bits per heavy atom. The number of hydrogen-bond donors (Lipinski definition) is 1. The molecule has 7 heteroatoms. The van der Waals surface area contributed by atoms with E-state index in [0.717, 1.165) is 22.2 Å². The minimum Gasteiger partial charge on any atom is -0.493 e. The topological polar surface area (TPSA) is 63.8 Å². The van der Waals surface area contributed by atoms with Crippen molar-refractivity contribution in [2.45, 2.75) is 13.0 Å². The number of nitrogens with one attached hydrogen (secondary N) is 1. The Hall–Kier alpha value is -3.22. The maximum atomic E-state index is 13.5. The molecule has 1 aliphatic heterocycles. The number of ether oxygens (including phenoxy) is 3. The van der Waals surface area contributed by atoms with Gasteiger partial charge in [-0.3, -0.25) is 4.79 Å². The van der Waals surface area contributed by atoms with Crippen LogP contribution in [0.15, 0.2) is 30.3 Å². The molecule has 1 amide bonds. The monoisotopic (exact) mass is 384 g/mol. The summed E-state index contributed by atoms with van der Waals surface area (Å²) in [6.45, 7) is 1.02. The number of carbonyl (C=O) groups is 1. The first-order valence-corrected chi connectivity index (χ1v) is 8.94. The van der Waals surface area contributed by atoms with Crippen molar-refractivity contribution in [3.63, 3.8) is 0 Å². The summed E-state index contributed by atoms with van der Waals surface area (Å²) in [6.07, 6.45) is 0.682. The van der Waals surface area contributed by atoms with E-state index in [1.165, 1.54) is 33.5 Å². The molecule has 0 fully saturated rings. The highest BCUT2D eigenvalue weighted by Crippen LogP contribution is 2.39. The Morgan fingerprint density at radius 2 is 1.79 bits per heavy atom. The Bertz CT molecular complexity index is 1030. The second-order valence-corrected chi connectivity index (χ2v) is 6.66. The number of benzene rings is 2. The molecule has 1 N–H and O–H groups in total. The van der Waals surface area contributed by atoms with Crippen LogP contribution < -0.4 is 14.2 Å². The maximum Gasteiger partial charge on any atom is 0.254 e. The van der Waals surface area contributed by atoms with Gasteiger partial charge in [0, 0.05) is 47.2 Å². The fraction of sp³-hybridized carbons (Fsp3) is 0.286. The highest BCUT2D eigenvalue weighted by atomic mass is 19.1. The van der Waals surface area contributed by atoms with Crippen LogP contribution in [0.2, 0.25) is 0 Å². The minimum absolute atomic E-state index is 0.124. The van der Waals surface area contributed by atoms with Crippen molar-refractivity contribution in [1.29, 1.82) is 0 Å². The average molecular weight is 384 g/mol. The molecule has 2 aromatic carbocycles. The van der Waals surface area contributed by atoms with Gasteiger partial charge in [-0.15, -0.1) is 0 Å². The van der Waals surface area contributed by atoms with Crippen LogP contribution in [0, 0.1) is 5.82 Å². The van der Waals surface area contributed by atoms with Gasteiger partial charge in [0.25, 0.3) is 5.91 Å². The summed E-state index contributed by atoms with van der Waals surface area (Å²) in [4.78, 5) is 18.2. The van der Waals surface area contributed by atoms with E-state index in [4.69, 9.17) is 14.2 Å². The molecule has 3 aromatic rings. The van der Waals surface area contributed by atoms with Crippen LogP contribution in [-0.2, 0) is 13.0 Å². The Labute approximate surface area is 161 Å². The lowest BCUT2D eigenvalue weighted by Crippen LogP contribution is -2.35. The van der Waals surface area contributed by atoms with Gasteiger partial charge in [0.15, 0.2) is 11.5 Å². The van der Waals surface area contributed by atoms with Gasteiger partial charge >= 0.3 is 0 Å². The first kappa shape index (κ1) is 18.2. The summed E-state index contributed by atoms with van der Waals surface area (Å²) in [6, 6.07) is 8.00. The Morgan fingerprint density at radius 1 is 1.07 bits per heavy atom. The van der Waals surface area contributed by atoms with Gasteiger partial charge in [0.05, 0.1) is 21.3 Å². The number of halogens is 1. The van der Waals surface area contributed by atoms with Gasteiger partial charge in [-0.1, -0.05) is 0 Å². The lowest BCUT2D eigenvalue weighted by molar-refractivity contribution is 0.0734. The summed E-state index contributed by atoms with van der Waals surface area (Å²) in [5.41, 5.74) is 3.30. The molecule has 0 radical (unpaired) electrons. The van der Waals surface area contributed by atoms with E-state index < -0.39 is 0 Å². The predicted octanol–water partition coefficient (Wildman–Crippen LogP) is 3.53. The van der Waals surface area contributed by atoms with Crippen LogP contribution in [-0.4, -0.2) is 43.7 Å². The number of hydrogen-bond acceptors (Lipinski definition) is 4. The number of amides is 1. The molecular formula is C21H21FN2O4. The third-order valence-corrected chi connectivity index (χ3v) is 5.14. The molecule has 146 valence electrons. The van der Waals surface area contributed by atoms with Crippen molar-refractivity contribution in [2.75, 3.05) is 27.9 Å². The zero-order valence-electron chi connectivity index (χ0n) is 16.0. The highest BCUT2D eigenvalue weighted by Gasteiger charge is 2.26. The molecule has 0 saturated carbocycles. The molecule has 1 aromatic heterocycles. The smallest absolute Gasteiger partial charge is 0.254 e. The van der Waals surface area contributed by atoms with Crippen molar-refractivity contribution in [2.24, 2.45) is 0 Å². The second kappa shape index (κ2) is 7.07. The van der Waals surface area contributed by atoms with Crippen molar-refractivity contribution in [1.82, 2.24) is 9.88 Å². The van der Waals surface area contributed by atoms with Crippen LogP contribution in [0.5, 0.6) is 17.2 Å². The van der Waals surface area contributed by atoms with Gasteiger partial charge in [-0.05, 0) is 30.3 Å². The third-order valence-electron chi connectivity index (χ3n) is 5.14. The molecular weight excluding hydrogens is 363 g/mol. The first-order valence-electron chi connectivity index (χ1n) is 8.94. The summed E-state index contributed by atoms with van der Waals surface area (Å²) in [5, 5.41) is 0.943. The minimum atomic E-state index is -0.281. The molecule has 6 nitrogen and oxygen atoms in total. The van der Waals surface area contributed by atoms with Crippen molar-refractivity contribution in [3.05, 3.63) is 53.0 Å². The van der Waals surface area contributed by atoms with E-state index in [1.54, 1.807) is 23.1 Å². The summed E-state index contributed by atoms with van der Waals surface area (Å²) >= 11 is 0. The number of aromatic nitrogens is 1. The van der Waals surface area contributed by atoms with Crippen molar-refractivity contribution >= 4 is 16.8 Å². The van der Waals surface area contributed by atoms with E-state index in [-0.39, 0.29) is 11.7 Å². The summed E-state index contributed by atoms with van der Waals surface area (Å²) < 4.78 is 29.5. The van der Waals surface area contributed by atoms with Gasteiger partial charge in [-0.2, -0.15) is 0 Å². The molecule has 0 saturated heterocycles. The fourth-order valence-corrected chi connectivity index (χ4v) is 3.75. The second-order valence-electron chi connectivity index (χ2n) is 6.66. The number of aromatic amines is 1. The molecule has 0 aliphatic carbocycles. The van der Waals surface area contributed by atoms with Crippen LogP contribution in [0.4, 0.5) is 4.39 Å². The number of methoxy groups -OCH3 is 3. The van der Waals surface area contributed by atoms with Crippen LogP contribution >= 0.6 is 0 Å². The van der Waals surface area contributed by atoms with E-state index in [0.29, 0.717) is 42.3 Å². The van der Waals surface area contributed by atoms with Crippen LogP contribution in [0.1, 0.15) is 21.6 Å². The summed E-state index contributed by atoms with van der Waals surface area (Å²) in [7, 11) is 4.56. The molecule has 0 bridgehead atoms. The molecule has 0 unspecified atom stereocenters. The average Bonchev–Trinajstić information content (AvgIpc) is 3.08. The number of carbonyl (C=O) groups excluding carboxylic acids is 1. The van der Waals surface area contributed by atoms with Crippen LogP contribution in [0.3, 0.4) is 0 Å². The highest BCUT2D eigenvalue weighted by molar-refractivity contribution is 5.96. The molecule has 28 heavy (non-hydrogen) atoms. The number of rotatable bonds is 4. The van der Waals surface area contributed by atoms with Crippen molar-refractivity contribution in [3.8, 4) is 17.2 Å². The third kappa shape index (κ3) is 2.93. The zero-order chi connectivity index (χ0) is 19.8. The number of nitrogens with zero attached hydrogens (tertiary/aromatic N) is 1. The Balaban J connectivity index is 1.68. The lowest BCUT2D eigenvalue weighted by Gasteiger charge is -2.28. The molecule has 2 heterocycles. The zero-order valence-corrected chi connectivity index (χ0v) is 16.0. The lowest BCUT2D eigenvalue weighted by atomic mass is 10.0. The molecule has 0 atom stereocenters. The van der Waals surface area contributed by atoms with E-state index >= 15 is 0 Å². The number of H-pyrrole nitrogens is 1. The molecule has 0 spiro atoms. The first-order chi connectivity index (χ1) is 13.5. The quantitative estimate of drug-likeness (QED) is 0.748. The standard InChI is InChI=1S/C21H21FN2O4/c1-26-18-8-12(9-19(27-2)20(18)28-3)21(25)24-7-6-16-15(11-24)14-5-4-13(22)10-17(14)23-16/h4-5,8-10,23H,6-7,11H2,1-3H3. The van der Waals surface area contributed by atoms with Gasteiger partial charge in [-0.25, -0.2) is 4.39 Å². The fourth-order valence-electron chi connectivity index (χ4n) is 3.75. The van der Waals surface area contributed by atoms with E-state index in [1.807, 2.05) is 0 Å². The normalized spacial score (nSPS) is 13.4. The summed E-state index contributed by atoms with van der Waals surface area (Å²) in [5.74, 6) is 0.912. The Kier molecular flexibility index (Phi) is 4.58. The predicted molar refractivity (Wildman–Crippen MR) is 103 cm³/mol. The molecule has 1 aliphatic rings. The van der Waals surface area contributed by atoms with Gasteiger partial charge in [0.2, 0.25) is 5.75 Å². The molecule has 4 rings (SSSR count). The SMILES string of the molecule is COc1cc(C(=O)N2CCc3[nH]c4cc(F)ccc4c3C2)cc(OC)c1OC. The van der Waals surface area contributed by atoms with Crippen LogP contribution in [0.25, 0.3) is 10.9 Å². The van der Waals surface area contributed by atoms with Crippen molar-refractivity contribution < 1.29 is 23.4 Å². The van der Waals surface area contributed by atoms with E-state index in [9.17, 15) is 9.18 Å². The maximum absolute atomic E-state index is 13.5. The number of fused-ring (bicyclic) bond motifs is 3. The van der Waals surface area contributed by atoms with Gasteiger partial charge in [0.1, 0.15) is 5.82 Å². The van der Waals surface area contributed by atoms with Gasteiger partial charge < -0.3 is 24.1 Å². The largest absolute Gasteiger partial charge is 0.493 e. The van der Waals surface area contributed by atoms with E-state index in [2.05, 4.69) is 4.98 Å².